The van der Waals surface area contributed by atoms with Crippen molar-refractivity contribution in [1.82, 2.24) is 0 Å². The molecule has 4 nitrogen and oxygen atoms in total. The number of methoxy groups -OCH3 is 1. The lowest BCUT2D eigenvalue weighted by atomic mass is 9.82. The van der Waals surface area contributed by atoms with Crippen LogP contribution >= 0.6 is 0 Å². The number of carboxylic acid groups (broad SMARTS) is 1. The van der Waals surface area contributed by atoms with Crippen LogP contribution in [-0.4, -0.2) is 29.9 Å². The molecule has 2 aromatic rings. The van der Waals surface area contributed by atoms with E-state index in [1.807, 2.05) is 0 Å². The second-order valence-corrected chi connectivity index (χ2v) is 6.23. The molecule has 1 atom stereocenters. The van der Waals surface area contributed by atoms with Crippen LogP contribution in [0.1, 0.15) is 17.5 Å². The first kappa shape index (κ1) is 18.1. The molecule has 7 heteroatoms. The molecule has 1 N–H and O–H groups in total. The predicted octanol–water partition coefficient (Wildman–Crippen LogP) is 4.03. The minimum Gasteiger partial charge on any atom is -0.497 e. The summed E-state index contributed by atoms with van der Waals surface area (Å²) in [5.74, 6) is -1.30. The van der Waals surface area contributed by atoms with Gasteiger partial charge in [-0.3, -0.25) is 0 Å². The van der Waals surface area contributed by atoms with Gasteiger partial charge < -0.3 is 14.7 Å². The molecule has 2 aromatic carbocycles. The first-order valence-corrected chi connectivity index (χ1v) is 8.08. The van der Waals surface area contributed by atoms with Crippen molar-refractivity contribution in [2.24, 2.45) is 0 Å². The Kier molecular flexibility index (Phi) is 4.56. The van der Waals surface area contributed by atoms with E-state index in [1.54, 1.807) is 48.5 Å². The Morgan fingerprint density at radius 3 is 2.42 bits per heavy atom. The lowest BCUT2D eigenvalue weighted by Crippen LogP contribution is -2.65. The topological polar surface area (TPSA) is 49.8 Å². The van der Waals surface area contributed by atoms with Crippen molar-refractivity contribution in [2.45, 2.75) is 31.1 Å². The quantitative estimate of drug-likeness (QED) is 0.889. The van der Waals surface area contributed by atoms with Crippen molar-refractivity contribution in [1.29, 1.82) is 0 Å². The maximum atomic E-state index is 14.0. The standard InChI is InChI=1S/C19H18F3NO3/c1-26-15-8-6-13(7-9-15)12-23-16-5-3-2-4-14(16)10-11-18(23,17(24)25)19(20,21)22/h2-9H,10-12H2,1H3,(H,24,25). The number of hydrogen-bond acceptors (Lipinski definition) is 3. The van der Waals surface area contributed by atoms with Gasteiger partial charge in [0, 0.05) is 12.2 Å². The molecule has 0 saturated heterocycles. The zero-order chi connectivity index (χ0) is 18.9. The van der Waals surface area contributed by atoms with Crippen LogP contribution in [0.25, 0.3) is 0 Å². The van der Waals surface area contributed by atoms with Crippen molar-refractivity contribution in [3.05, 3.63) is 59.7 Å². The summed E-state index contributed by atoms with van der Waals surface area (Å²) in [5, 5.41) is 9.60. The number of anilines is 1. The van der Waals surface area contributed by atoms with Gasteiger partial charge in [0.2, 0.25) is 5.54 Å². The number of halogens is 3. The third-order valence-corrected chi connectivity index (χ3v) is 4.82. The molecule has 0 fully saturated rings. The molecule has 26 heavy (non-hydrogen) atoms. The molecule has 0 amide bonds. The highest BCUT2D eigenvalue weighted by Gasteiger charge is 2.65. The Labute approximate surface area is 148 Å². The number of nitrogens with zero attached hydrogens (tertiary/aromatic N) is 1. The summed E-state index contributed by atoms with van der Waals surface area (Å²) >= 11 is 0. The number of aliphatic carboxylic acids is 1. The van der Waals surface area contributed by atoms with Gasteiger partial charge in [-0.25, -0.2) is 4.79 Å². The second kappa shape index (κ2) is 6.55. The number of ether oxygens (including phenoxy) is 1. The molecule has 138 valence electrons. The van der Waals surface area contributed by atoms with Crippen molar-refractivity contribution >= 4 is 11.7 Å². The normalized spacial score (nSPS) is 19.8. The molecule has 0 radical (unpaired) electrons. The molecule has 0 saturated carbocycles. The molecule has 1 aliphatic heterocycles. The molecule has 0 bridgehead atoms. The van der Waals surface area contributed by atoms with Crippen molar-refractivity contribution < 1.29 is 27.8 Å². The van der Waals surface area contributed by atoms with Gasteiger partial charge in [0.1, 0.15) is 5.75 Å². The molecule has 1 aliphatic rings. The maximum absolute atomic E-state index is 14.0. The highest BCUT2D eigenvalue weighted by atomic mass is 19.4. The first-order chi connectivity index (χ1) is 12.3. The maximum Gasteiger partial charge on any atom is 0.422 e. The van der Waals surface area contributed by atoms with Gasteiger partial charge in [-0.15, -0.1) is 0 Å². The molecule has 0 aromatic heterocycles. The number of aryl methyl sites for hydroxylation is 1. The van der Waals surface area contributed by atoms with E-state index in [0.29, 0.717) is 22.6 Å². The smallest absolute Gasteiger partial charge is 0.422 e. The number of alkyl halides is 3. The summed E-state index contributed by atoms with van der Waals surface area (Å²) in [6, 6.07) is 13.2. The van der Waals surface area contributed by atoms with Crippen molar-refractivity contribution in [3.8, 4) is 5.75 Å². The summed E-state index contributed by atoms with van der Waals surface area (Å²) in [7, 11) is 1.50. The molecular formula is C19H18F3NO3. The lowest BCUT2D eigenvalue weighted by Gasteiger charge is -2.47. The Bertz CT molecular complexity index is 804. The van der Waals surface area contributed by atoms with E-state index in [2.05, 4.69) is 0 Å². The highest BCUT2D eigenvalue weighted by Crippen LogP contribution is 2.47. The largest absolute Gasteiger partial charge is 0.497 e. The highest BCUT2D eigenvalue weighted by molar-refractivity contribution is 5.86. The minimum atomic E-state index is -4.92. The number of carbonyl (C=O) groups is 1. The van der Waals surface area contributed by atoms with Crippen molar-refractivity contribution in [2.75, 3.05) is 12.0 Å². The molecule has 0 spiro atoms. The Morgan fingerprint density at radius 1 is 1.19 bits per heavy atom. The van der Waals surface area contributed by atoms with Crippen LogP contribution in [0, 0.1) is 0 Å². The Balaban J connectivity index is 2.11. The van der Waals surface area contributed by atoms with E-state index in [0.717, 1.165) is 4.90 Å². The van der Waals surface area contributed by atoms with Crippen LogP contribution < -0.4 is 9.64 Å². The van der Waals surface area contributed by atoms with E-state index in [-0.39, 0.29) is 13.0 Å². The van der Waals surface area contributed by atoms with E-state index in [9.17, 15) is 23.1 Å². The predicted molar refractivity (Wildman–Crippen MR) is 90.4 cm³/mol. The minimum absolute atomic E-state index is 0.0566. The Hall–Kier alpha value is -2.70. The SMILES string of the molecule is COc1ccc(CN2c3ccccc3CCC2(C(=O)O)C(F)(F)F)cc1. The van der Waals surface area contributed by atoms with Gasteiger partial charge in [0.15, 0.2) is 0 Å². The Morgan fingerprint density at radius 2 is 1.85 bits per heavy atom. The summed E-state index contributed by atoms with van der Waals surface area (Å²) in [6.07, 6.45) is -5.39. The summed E-state index contributed by atoms with van der Waals surface area (Å²) in [5.41, 5.74) is -1.38. The van der Waals surface area contributed by atoms with Crippen LogP contribution in [0.15, 0.2) is 48.5 Å². The number of hydrogen-bond donors (Lipinski definition) is 1. The lowest BCUT2D eigenvalue weighted by molar-refractivity contribution is -0.205. The molecule has 3 rings (SSSR count). The molecule has 0 aliphatic carbocycles. The summed E-state index contributed by atoms with van der Waals surface area (Å²) < 4.78 is 47.0. The number of para-hydroxylation sites is 1. The summed E-state index contributed by atoms with van der Waals surface area (Å²) in [4.78, 5) is 12.8. The molecular weight excluding hydrogens is 347 g/mol. The van der Waals surface area contributed by atoms with E-state index < -0.39 is 24.1 Å². The van der Waals surface area contributed by atoms with Crippen LogP contribution in [0.3, 0.4) is 0 Å². The van der Waals surface area contributed by atoms with Gasteiger partial charge in [-0.1, -0.05) is 30.3 Å². The number of fused-ring (bicyclic) bond motifs is 1. The number of rotatable bonds is 4. The average molecular weight is 365 g/mol. The second-order valence-electron chi connectivity index (χ2n) is 6.23. The van der Waals surface area contributed by atoms with E-state index >= 15 is 0 Å². The van der Waals surface area contributed by atoms with E-state index in [4.69, 9.17) is 4.74 Å². The molecule has 1 unspecified atom stereocenters. The number of carboxylic acids is 1. The monoisotopic (exact) mass is 365 g/mol. The van der Waals surface area contributed by atoms with Gasteiger partial charge in [-0.2, -0.15) is 13.2 Å². The fourth-order valence-corrected chi connectivity index (χ4v) is 3.41. The fraction of sp³-hybridized carbons (Fsp3) is 0.316. The molecule has 1 heterocycles. The van der Waals surface area contributed by atoms with Gasteiger partial charge >= 0.3 is 12.1 Å². The number of benzene rings is 2. The fourth-order valence-electron chi connectivity index (χ4n) is 3.41. The van der Waals surface area contributed by atoms with Crippen LogP contribution in [0.4, 0.5) is 18.9 Å². The third kappa shape index (κ3) is 2.87. The van der Waals surface area contributed by atoms with Crippen LogP contribution in [0.2, 0.25) is 0 Å². The van der Waals surface area contributed by atoms with Gasteiger partial charge in [0.25, 0.3) is 0 Å². The van der Waals surface area contributed by atoms with Crippen LogP contribution in [-0.2, 0) is 17.8 Å². The zero-order valence-corrected chi connectivity index (χ0v) is 14.1. The zero-order valence-electron chi connectivity index (χ0n) is 14.1. The van der Waals surface area contributed by atoms with Gasteiger partial charge in [0.05, 0.1) is 7.11 Å². The van der Waals surface area contributed by atoms with Gasteiger partial charge in [-0.05, 0) is 42.2 Å². The first-order valence-electron chi connectivity index (χ1n) is 8.08. The average Bonchev–Trinajstić information content (AvgIpc) is 2.61. The third-order valence-electron chi connectivity index (χ3n) is 4.82. The van der Waals surface area contributed by atoms with Crippen molar-refractivity contribution in [3.63, 3.8) is 0 Å². The summed E-state index contributed by atoms with van der Waals surface area (Å²) in [6.45, 7) is -0.174. The van der Waals surface area contributed by atoms with Crippen LogP contribution in [0.5, 0.6) is 5.75 Å². The van der Waals surface area contributed by atoms with E-state index in [1.165, 1.54) is 7.11 Å².